The number of nitrogens with zero attached hydrogens (tertiary/aromatic N) is 4. The van der Waals surface area contributed by atoms with Gasteiger partial charge >= 0.3 is 0 Å². The van der Waals surface area contributed by atoms with Crippen molar-refractivity contribution in [1.82, 2.24) is 14.5 Å². The second kappa shape index (κ2) is 8.09. The first kappa shape index (κ1) is 16.7. The minimum absolute atomic E-state index is 0.695. The van der Waals surface area contributed by atoms with Crippen LogP contribution in [0, 0.1) is 11.3 Å². The molecule has 3 aromatic rings. The highest BCUT2D eigenvalue weighted by atomic mass is 15.1. The topological polar surface area (TPSA) is 44.9 Å². The van der Waals surface area contributed by atoms with Gasteiger partial charge in [-0.3, -0.25) is 4.90 Å². The van der Waals surface area contributed by atoms with Gasteiger partial charge in [0, 0.05) is 37.7 Å². The molecule has 4 heteroatoms. The highest BCUT2D eigenvalue weighted by Gasteiger charge is 2.07. The first-order valence-electron chi connectivity index (χ1n) is 8.18. The number of hydrogen-bond donors (Lipinski definition) is 0. The van der Waals surface area contributed by atoms with Crippen LogP contribution in [0.25, 0.3) is 5.69 Å². The zero-order valence-electron chi connectivity index (χ0n) is 14.0. The van der Waals surface area contributed by atoms with E-state index in [1.807, 2.05) is 35.0 Å². The van der Waals surface area contributed by atoms with Crippen molar-refractivity contribution in [3.63, 3.8) is 0 Å². The van der Waals surface area contributed by atoms with E-state index in [2.05, 4.69) is 52.9 Å². The van der Waals surface area contributed by atoms with Gasteiger partial charge in [0.1, 0.15) is 0 Å². The summed E-state index contributed by atoms with van der Waals surface area (Å²) in [7, 11) is 0. The molecule has 1 heterocycles. The Morgan fingerprint density at radius 2 is 1.92 bits per heavy atom. The van der Waals surface area contributed by atoms with Gasteiger partial charge in [0.2, 0.25) is 0 Å². The van der Waals surface area contributed by atoms with Crippen LogP contribution >= 0.6 is 0 Å². The summed E-state index contributed by atoms with van der Waals surface area (Å²) in [6.45, 7) is 6.26. The third kappa shape index (κ3) is 4.43. The van der Waals surface area contributed by atoms with Gasteiger partial charge in [-0.1, -0.05) is 30.3 Å². The highest BCUT2D eigenvalue weighted by molar-refractivity contribution is 5.35. The lowest BCUT2D eigenvalue weighted by atomic mass is 10.1. The van der Waals surface area contributed by atoms with E-state index in [9.17, 15) is 0 Å². The average Bonchev–Trinajstić information content (AvgIpc) is 3.17. The Hall–Kier alpha value is -3.16. The maximum Gasteiger partial charge on any atom is 0.0991 e. The normalized spacial score (nSPS) is 10.6. The van der Waals surface area contributed by atoms with E-state index in [0.717, 1.165) is 30.9 Å². The summed E-state index contributed by atoms with van der Waals surface area (Å²) < 4.78 is 1.98. The van der Waals surface area contributed by atoms with Crippen LogP contribution in [0.1, 0.15) is 16.7 Å². The number of nitriles is 1. The molecule has 0 spiro atoms. The maximum atomic E-state index is 9.05. The number of benzene rings is 2. The van der Waals surface area contributed by atoms with Crippen LogP contribution in [0.4, 0.5) is 0 Å². The molecule has 2 aromatic carbocycles. The fraction of sp³-hybridized carbons (Fsp3) is 0.143. The van der Waals surface area contributed by atoms with Crippen LogP contribution in [0.5, 0.6) is 0 Å². The van der Waals surface area contributed by atoms with Crippen molar-refractivity contribution >= 4 is 0 Å². The fourth-order valence-electron chi connectivity index (χ4n) is 2.81. The number of hydrogen-bond acceptors (Lipinski definition) is 3. The predicted octanol–water partition coefficient (Wildman–Crippen LogP) is 3.93. The summed E-state index contributed by atoms with van der Waals surface area (Å²) in [5.74, 6) is 0. The van der Waals surface area contributed by atoms with Crippen molar-refractivity contribution in [1.29, 1.82) is 5.26 Å². The number of rotatable bonds is 7. The molecule has 0 amide bonds. The number of imidazole rings is 1. The zero-order valence-corrected chi connectivity index (χ0v) is 14.0. The Labute approximate surface area is 148 Å². The van der Waals surface area contributed by atoms with Gasteiger partial charge in [-0.05, 0) is 35.4 Å². The van der Waals surface area contributed by atoms with Crippen molar-refractivity contribution in [3.8, 4) is 11.8 Å². The van der Waals surface area contributed by atoms with Gasteiger partial charge < -0.3 is 4.57 Å². The summed E-state index contributed by atoms with van der Waals surface area (Å²) in [6.07, 6.45) is 7.41. The fourth-order valence-corrected chi connectivity index (χ4v) is 2.81. The van der Waals surface area contributed by atoms with E-state index in [1.54, 1.807) is 12.5 Å². The Morgan fingerprint density at radius 3 is 2.60 bits per heavy atom. The van der Waals surface area contributed by atoms with Crippen molar-refractivity contribution in [2.45, 2.75) is 13.1 Å². The van der Waals surface area contributed by atoms with E-state index in [4.69, 9.17) is 5.26 Å². The van der Waals surface area contributed by atoms with Gasteiger partial charge in [-0.2, -0.15) is 5.26 Å². The minimum Gasteiger partial charge on any atom is -0.306 e. The molecule has 3 rings (SSSR count). The van der Waals surface area contributed by atoms with Gasteiger partial charge in [0.15, 0.2) is 0 Å². The van der Waals surface area contributed by atoms with Gasteiger partial charge in [0.25, 0.3) is 0 Å². The molecular formula is C21H20N4. The zero-order chi connectivity index (χ0) is 17.5. The van der Waals surface area contributed by atoms with Gasteiger partial charge in [0.05, 0.1) is 18.0 Å². The monoisotopic (exact) mass is 328 g/mol. The molecule has 0 atom stereocenters. The molecule has 0 aliphatic heterocycles. The summed E-state index contributed by atoms with van der Waals surface area (Å²) in [4.78, 5) is 6.38. The van der Waals surface area contributed by atoms with Crippen molar-refractivity contribution in [2.75, 3.05) is 6.54 Å². The average molecular weight is 328 g/mol. The molecule has 0 N–H and O–H groups in total. The van der Waals surface area contributed by atoms with Crippen LogP contribution in [0.15, 0.2) is 79.9 Å². The third-order valence-electron chi connectivity index (χ3n) is 3.99. The SMILES string of the molecule is C=CCN(Cc1ccc(-n2ccnc2)cc1)Cc1cccc(C#N)c1. The minimum atomic E-state index is 0.695. The molecule has 0 aliphatic carbocycles. The summed E-state index contributed by atoms with van der Waals surface area (Å²) in [5, 5.41) is 9.05. The van der Waals surface area contributed by atoms with E-state index in [-0.39, 0.29) is 0 Å². The van der Waals surface area contributed by atoms with Gasteiger partial charge in [-0.25, -0.2) is 4.98 Å². The molecular weight excluding hydrogens is 308 g/mol. The van der Waals surface area contributed by atoms with Crippen LogP contribution in [-0.4, -0.2) is 21.0 Å². The van der Waals surface area contributed by atoms with Crippen LogP contribution in [0.2, 0.25) is 0 Å². The molecule has 1 aromatic heterocycles. The molecule has 4 nitrogen and oxygen atoms in total. The Kier molecular flexibility index (Phi) is 5.40. The third-order valence-corrected chi connectivity index (χ3v) is 3.99. The standard InChI is InChI=1S/C21H20N4/c1-2-11-24(16-20-5-3-4-19(13-20)14-22)15-18-6-8-21(9-7-18)25-12-10-23-17-25/h2-10,12-13,17H,1,11,15-16H2. The van der Waals surface area contributed by atoms with E-state index < -0.39 is 0 Å². The molecule has 0 fully saturated rings. The second-order valence-electron chi connectivity index (χ2n) is 5.91. The van der Waals surface area contributed by atoms with Crippen molar-refractivity contribution < 1.29 is 0 Å². The Bertz CT molecular complexity index is 858. The van der Waals surface area contributed by atoms with Crippen molar-refractivity contribution in [3.05, 3.63) is 96.6 Å². The lowest BCUT2D eigenvalue weighted by molar-refractivity contribution is 0.286. The Balaban J connectivity index is 1.71. The molecule has 0 radical (unpaired) electrons. The van der Waals surface area contributed by atoms with Crippen LogP contribution < -0.4 is 0 Å². The highest BCUT2D eigenvalue weighted by Crippen LogP contribution is 2.14. The first-order chi connectivity index (χ1) is 12.3. The molecule has 0 unspecified atom stereocenters. The smallest absolute Gasteiger partial charge is 0.0991 e. The molecule has 0 saturated carbocycles. The molecule has 0 bridgehead atoms. The molecule has 124 valence electrons. The lowest BCUT2D eigenvalue weighted by Crippen LogP contribution is -2.22. The molecule has 0 aliphatic rings. The van der Waals surface area contributed by atoms with E-state index in [1.165, 1.54) is 5.56 Å². The largest absolute Gasteiger partial charge is 0.306 e. The van der Waals surface area contributed by atoms with E-state index >= 15 is 0 Å². The van der Waals surface area contributed by atoms with E-state index in [0.29, 0.717) is 5.56 Å². The summed E-state index contributed by atoms with van der Waals surface area (Å²) >= 11 is 0. The molecule has 25 heavy (non-hydrogen) atoms. The lowest BCUT2D eigenvalue weighted by Gasteiger charge is -2.21. The van der Waals surface area contributed by atoms with Crippen LogP contribution in [0.3, 0.4) is 0 Å². The second-order valence-corrected chi connectivity index (χ2v) is 5.91. The quantitative estimate of drug-likeness (QED) is 0.617. The van der Waals surface area contributed by atoms with Crippen molar-refractivity contribution in [2.24, 2.45) is 0 Å². The summed E-state index contributed by atoms with van der Waals surface area (Å²) in [5.41, 5.74) is 4.16. The maximum absolute atomic E-state index is 9.05. The predicted molar refractivity (Wildman–Crippen MR) is 99.0 cm³/mol. The Morgan fingerprint density at radius 1 is 1.12 bits per heavy atom. The molecule has 0 saturated heterocycles. The first-order valence-corrected chi connectivity index (χ1v) is 8.18. The number of aromatic nitrogens is 2. The van der Waals surface area contributed by atoms with Crippen LogP contribution in [-0.2, 0) is 13.1 Å². The summed E-state index contributed by atoms with van der Waals surface area (Å²) in [6, 6.07) is 18.4. The van der Waals surface area contributed by atoms with Gasteiger partial charge in [-0.15, -0.1) is 6.58 Å².